The number of nitrogens with two attached hydrogens (primary N) is 1. The fourth-order valence-electron chi connectivity index (χ4n) is 1.79. The lowest BCUT2D eigenvalue weighted by atomic mass is 10.0. The van der Waals surface area contributed by atoms with Gasteiger partial charge in [-0.2, -0.15) is 0 Å². The predicted molar refractivity (Wildman–Crippen MR) is 78.9 cm³/mol. The quantitative estimate of drug-likeness (QED) is 0.754. The zero-order valence-corrected chi connectivity index (χ0v) is 13.0. The minimum absolute atomic E-state index is 0.0107. The summed E-state index contributed by atoms with van der Waals surface area (Å²) in [5.41, 5.74) is 0.188. The average Bonchev–Trinajstić information content (AvgIpc) is 2.30. The molecule has 0 aliphatic rings. The van der Waals surface area contributed by atoms with Crippen LogP contribution in [0, 0.1) is 6.92 Å². The topological polar surface area (TPSA) is 101 Å². The molecule has 0 aliphatic carbocycles. The first kappa shape index (κ1) is 16.6. The molecule has 112 valence electrons. The van der Waals surface area contributed by atoms with E-state index in [1.54, 1.807) is 32.9 Å². The van der Waals surface area contributed by atoms with E-state index in [-0.39, 0.29) is 10.8 Å². The fraction of sp³-hybridized carbons (Fsp3) is 0.462. The zero-order chi connectivity index (χ0) is 15.6. The highest BCUT2D eigenvalue weighted by atomic mass is 32.2. The van der Waals surface area contributed by atoms with Crippen LogP contribution in [0.5, 0.6) is 0 Å². The first-order valence-corrected chi connectivity index (χ1v) is 7.82. The number of sulfonamides is 1. The summed E-state index contributed by atoms with van der Waals surface area (Å²) in [7, 11) is -3.80. The van der Waals surface area contributed by atoms with Crippen molar-refractivity contribution in [3.05, 3.63) is 23.8 Å². The van der Waals surface area contributed by atoms with Gasteiger partial charge in [0.15, 0.2) is 0 Å². The number of anilines is 1. The van der Waals surface area contributed by atoms with E-state index in [9.17, 15) is 13.2 Å². The molecule has 0 aliphatic heterocycles. The maximum atomic E-state index is 12.1. The molecule has 4 N–H and O–H groups in total. The van der Waals surface area contributed by atoms with Crippen LogP contribution in [0.15, 0.2) is 23.1 Å². The van der Waals surface area contributed by atoms with Gasteiger partial charge in [0.05, 0.1) is 10.4 Å². The van der Waals surface area contributed by atoms with Crippen LogP contribution in [-0.4, -0.2) is 26.4 Å². The van der Waals surface area contributed by atoms with Crippen LogP contribution >= 0.6 is 0 Å². The van der Waals surface area contributed by atoms with Gasteiger partial charge in [-0.25, -0.2) is 13.6 Å². The molecule has 20 heavy (non-hydrogen) atoms. The Hall–Kier alpha value is -1.44. The van der Waals surface area contributed by atoms with E-state index >= 15 is 0 Å². The number of amides is 1. The monoisotopic (exact) mass is 299 g/mol. The van der Waals surface area contributed by atoms with Crippen molar-refractivity contribution in [2.45, 2.75) is 38.1 Å². The molecule has 0 saturated carbocycles. The molecule has 7 heteroatoms. The van der Waals surface area contributed by atoms with Crippen molar-refractivity contribution in [3.63, 3.8) is 0 Å². The van der Waals surface area contributed by atoms with Crippen LogP contribution in [0.1, 0.15) is 26.3 Å². The molecule has 0 atom stereocenters. The molecule has 0 saturated heterocycles. The number of primary sulfonamides is 1. The van der Waals surface area contributed by atoms with Crippen LogP contribution in [0.2, 0.25) is 0 Å². The Morgan fingerprint density at radius 1 is 1.35 bits per heavy atom. The van der Waals surface area contributed by atoms with Gasteiger partial charge in [0, 0.05) is 5.69 Å². The van der Waals surface area contributed by atoms with E-state index in [1.165, 1.54) is 6.07 Å². The summed E-state index contributed by atoms with van der Waals surface area (Å²) >= 11 is 0. The minimum atomic E-state index is -3.80. The van der Waals surface area contributed by atoms with E-state index in [1.807, 2.05) is 6.92 Å². The van der Waals surface area contributed by atoms with Gasteiger partial charge in [-0.15, -0.1) is 0 Å². The highest BCUT2D eigenvalue weighted by Crippen LogP contribution is 2.20. The third-order valence-electron chi connectivity index (χ3n) is 2.94. The van der Waals surface area contributed by atoms with Crippen molar-refractivity contribution in [2.24, 2.45) is 5.14 Å². The van der Waals surface area contributed by atoms with Crippen LogP contribution < -0.4 is 15.8 Å². The summed E-state index contributed by atoms with van der Waals surface area (Å²) in [5, 5.41) is 10.9. The third kappa shape index (κ3) is 4.03. The first-order valence-electron chi connectivity index (χ1n) is 6.28. The molecule has 1 amide bonds. The van der Waals surface area contributed by atoms with E-state index in [4.69, 9.17) is 5.14 Å². The zero-order valence-electron chi connectivity index (χ0n) is 12.1. The second-order valence-electron chi connectivity index (χ2n) is 5.13. The minimum Gasteiger partial charge on any atom is -0.324 e. The molecule has 0 bridgehead atoms. The Kier molecular flexibility index (Phi) is 4.90. The molecule has 1 rings (SSSR count). The lowest BCUT2D eigenvalue weighted by Gasteiger charge is -2.24. The molecule has 0 aromatic heterocycles. The Morgan fingerprint density at radius 3 is 2.45 bits per heavy atom. The molecule has 6 nitrogen and oxygen atoms in total. The Morgan fingerprint density at radius 2 is 1.95 bits per heavy atom. The number of rotatable bonds is 5. The van der Waals surface area contributed by atoms with Gasteiger partial charge in [0.25, 0.3) is 0 Å². The number of carbonyl (C=O) groups excluding carboxylic acids is 1. The summed E-state index contributed by atoms with van der Waals surface area (Å²) < 4.78 is 22.9. The summed E-state index contributed by atoms with van der Waals surface area (Å²) in [5.74, 6) is -0.247. The van der Waals surface area contributed by atoms with E-state index < -0.39 is 15.6 Å². The second-order valence-corrected chi connectivity index (χ2v) is 6.66. The number of hydrogen-bond acceptors (Lipinski definition) is 4. The number of aryl methyl sites for hydroxylation is 1. The smallest absolute Gasteiger partial charge is 0.244 e. The lowest BCUT2D eigenvalue weighted by molar-refractivity contribution is -0.121. The summed E-state index contributed by atoms with van der Waals surface area (Å²) in [6, 6.07) is 4.62. The molecule has 0 unspecified atom stereocenters. The van der Waals surface area contributed by atoms with Crippen LogP contribution in [0.25, 0.3) is 0 Å². The molecule has 0 heterocycles. The average molecular weight is 299 g/mol. The highest BCUT2D eigenvalue weighted by molar-refractivity contribution is 7.89. The molecule has 1 aromatic rings. The number of nitrogens with one attached hydrogen (secondary N) is 2. The SMILES string of the molecule is CCNC(C)(C)C(=O)Nc1ccc(C)c(S(N)(=O)=O)c1. The molecule has 0 fully saturated rings. The van der Waals surface area contributed by atoms with Gasteiger partial charge in [-0.05, 0) is 45.0 Å². The van der Waals surface area contributed by atoms with Crippen molar-refractivity contribution >= 4 is 21.6 Å². The van der Waals surface area contributed by atoms with Gasteiger partial charge in [-0.3, -0.25) is 4.79 Å². The van der Waals surface area contributed by atoms with Crippen LogP contribution in [0.4, 0.5) is 5.69 Å². The predicted octanol–water partition coefficient (Wildman–Crippen LogP) is 0.969. The van der Waals surface area contributed by atoms with Crippen LogP contribution in [0.3, 0.4) is 0 Å². The van der Waals surface area contributed by atoms with Gasteiger partial charge >= 0.3 is 0 Å². The van der Waals surface area contributed by atoms with Gasteiger partial charge in [0.2, 0.25) is 15.9 Å². The molecule has 1 aromatic carbocycles. The molecular weight excluding hydrogens is 278 g/mol. The Bertz CT molecular complexity index is 609. The third-order valence-corrected chi connectivity index (χ3v) is 3.99. The Labute approximate surface area is 119 Å². The van der Waals surface area contributed by atoms with E-state index in [2.05, 4.69) is 10.6 Å². The summed E-state index contributed by atoms with van der Waals surface area (Å²) in [6.07, 6.45) is 0. The standard InChI is InChI=1S/C13H21N3O3S/c1-5-15-13(3,4)12(17)16-10-7-6-9(2)11(8-10)20(14,18)19/h6-8,15H,5H2,1-4H3,(H,16,17)(H2,14,18,19). The molecular formula is C13H21N3O3S. The largest absolute Gasteiger partial charge is 0.324 e. The van der Waals surface area contributed by atoms with Gasteiger partial charge < -0.3 is 10.6 Å². The molecule has 0 radical (unpaired) electrons. The number of likely N-dealkylation sites (N-methyl/N-ethyl adjacent to an activating group) is 1. The summed E-state index contributed by atoms with van der Waals surface area (Å²) in [6.45, 7) is 7.70. The maximum Gasteiger partial charge on any atom is 0.244 e. The van der Waals surface area contributed by atoms with E-state index in [0.29, 0.717) is 17.8 Å². The van der Waals surface area contributed by atoms with Crippen molar-refractivity contribution in [3.8, 4) is 0 Å². The fourth-order valence-corrected chi connectivity index (χ4v) is 2.60. The Balaban J connectivity index is 3.04. The van der Waals surface area contributed by atoms with Crippen molar-refractivity contribution in [2.75, 3.05) is 11.9 Å². The number of carbonyl (C=O) groups is 1. The van der Waals surface area contributed by atoms with Crippen LogP contribution in [-0.2, 0) is 14.8 Å². The van der Waals surface area contributed by atoms with Gasteiger partial charge in [-0.1, -0.05) is 13.0 Å². The second kappa shape index (κ2) is 5.90. The van der Waals surface area contributed by atoms with Crippen molar-refractivity contribution < 1.29 is 13.2 Å². The van der Waals surface area contributed by atoms with Crippen molar-refractivity contribution in [1.82, 2.24) is 5.32 Å². The molecule has 0 spiro atoms. The van der Waals surface area contributed by atoms with Crippen molar-refractivity contribution in [1.29, 1.82) is 0 Å². The van der Waals surface area contributed by atoms with Gasteiger partial charge in [0.1, 0.15) is 0 Å². The normalized spacial score (nSPS) is 12.2. The maximum absolute atomic E-state index is 12.1. The summed E-state index contributed by atoms with van der Waals surface area (Å²) in [4.78, 5) is 12.1. The first-order chi connectivity index (χ1) is 9.08. The van der Waals surface area contributed by atoms with E-state index in [0.717, 1.165) is 0 Å². The number of hydrogen-bond donors (Lipinski definition) is 3. The number of benzene rings is 1. The lowest BCUT2D eigenvalue weighted by Crippen LogP contribution is -2.49. The highest BCUT2D eigenvalue weighted by Gasteiger charge is 2.26.